The average molecular weight is 330 g/mol. The normalized spacial score (nSPS) is 17.2. The molecule has 3 rings (SSSR count). The van der Waals surface area contributed by atoms with Crippen LogP contribution in [0.4, 0.5) is 0 Å². The molecule has 1 aliphatic rings. The zero-order chi connectivity index (χ0) is 15.0. The summed E-state index contributed by atoms with van der Waals surface area (Å²) in [5.74, 6) is 0.346. The third-order valence-electron chi connectivity index (χ3n) is 3.62. The lowest BCUT2D eigenvalue weighted by atomic mass is 10.2. The number of halogens is 1. The third-order valence-corrected chi connectivity index (χ3v) is 5.45. The standard InChI is InChI=1S/C13H16ClN3O3S/c1-20-7-10(8-2-3-8)17-21(18,19)11-6-16-13-12(11)9(14)4-5-15-13/h4-6,8,10,17H,2-3,7H2,1H3,(H,15,16)/t10-/m0/s1. The van der Waals surface area contributed by atoms with E-state index >= 15 is 0 Å². The summed E-state index contributed by atoms with van der Waals surface area (Å²) in [5, 5.41) is 0.773. The fourth-order valence-electron chi connectivity index (χ4n) is 2.41. The van der Waals surface area contributed by atoms with Gasteiger partial charge in [0.1, 0.15) is 10.5 Å². The molecule has 1 aliphatic carbocycles. The van der Waals surface area contributed by atoms with Crippen molar-refractivity contribution in [2.75, 3.05) is 13.7 Å². The maximum atomic E-state index is 12.6. The minimum Gasteiger partial charge on any atom is -0.383 e. The van der Waals surface area contributed by atoms with E-state index in [0.29, 0.717) is 28.6 Å². The molecule has 0 amide bonds. The van der Waals surface area contributed by atoms with Crippen LogP contribution in [0.3, 0.4) is 0 Å². The Bertz CT molecular complexity index is 755. The van der Waals surface area contributed by atoms with Crippen LogP contribution in [0.2, 0.25) is 5.02 Å². The van der Waals surface area contributed by atoms with Gasteiger partial charge in [-0.2, -0.15) is 0 Å². The fraction of sp³-hybridized carbons (Fsp3) is 0.462. The summed E-state index contributed by atoms with van der Waals surface area (Å²) in [5.41, 5.74) is 0.456. The van der Waals surface area contributed by atoms with E-state index in [-0.39, 0.29) is 10.9 Å². The van der Waals surface area contributed by atoms with Crippen LogP contribution in [0.25, 0.3) is 11.0 Å². The van der Waals surface area contributed by atoms with Crippen molar-refractivity contribution in [3.05, 3.63) is 23.5 Å². The molecule has 0 unspecified atom stereocenters. The molecular weight excluding hydrogens is 314 g/mol. The van der Waals surface area contributed by atoms with E-state index in [1.807, 2.05) is 0 Å². The van der Waals surface area contributed by atoms with Crippen LogP contribution in [0.5, 0.6) is 0 Å². The van der Waals surface area contributed by atoms with Crippen LogP contribution in [-0.4, -0.2) is 38.1 Å². The molecule has 2 heterocycles. The van der Waals surface area contributed by atoms with Crippen LogP contribution >= 0.6 is 11.6 Å². The van der Waals surface area contributed by atoms with E-state index in [1.54, 1.807) is 13.2 Å². The molecule has 0 aromatic carbocycles. The maximum Gasteiger partial charge on any atom is 0.243 e. The average Bonchev–Trinajstić information content (AvgIpc) is 3.17. The molecule has 0 radical (unpaired) electrons. The monoisotopic (exact) mass is 329 g/mol. The molecule has 21 heavy (non-hydrogen) atoms. The Labute approximate surface area is 127 Å². The highest BCUT2D eigenvalue weighted by atomic mass is 35.5. The van der Waals surface area contributed by atoms with Gasteiger partial charge >= 0.3 is 0 Å². The van der Waals surface area contributed by atoms with E-state index in [4.69, 9.17) is 16.3 Å². The summed E-state index contributed by atoms with van der Waals surface area (Å²) in [7, 11) is -2.11. The van der Waals surface area contributed by atoms with Crippen LogP contribution < -0.4 is 4.72 Å². The predicted octanol–water partition coefficient (Wildman–Crippen LogP) is 1.92. The van der Waals surface area contributed by atoms with Gasteiger partial charge in [-0.05, 0) is 24.8 Å². The van der Waals surface area contributed by atoms with Crippen molar-refractivity contribution in [3.63, 3.8) is 0 Å². The molecule has 2 N–H and O–H groups in total. The van der Waals surface area contributed by atoms with E-state index in [2.05, 4.69) is 14.7 Å². The Morgan fingerprint density at radius 1 is 1.57 bits per heavy atom. The van der Waals surface area contributed by atoms with Crippen molar-refractivity contribution in [2.24, 2.45) is 5.92 Å². The van der Waals surface area contributed by atoms with Crippen LogP contribution in [-0.2, 0) is 14.8 Å². The predicted molar refractivity (Wildman–Crippen MR) is 79.8 cm³/mol. The highest BCUT2D eigenvalue weighted by Gasteiger charge is 2.35. The number of aromatic amines is 1. The van der Waals surface area contributed by atoms with Crippen LogP contribution in [0, 0.1) is 5.92 Å². The molecular formula is C13H16ClN3O3S. The van der Waals surface area contributed by atoms with Crippen molar-refractivity contribution >= 4 is 32.7 Å². The Morgan fingerprint density at radius 3 is 3.00 bits per heavy atom. The summed E-state index contributed by atoms with van der Waals surface area (Å²) >= 11 is 6.11. The highest BCUT2D eigenvalue weighted by molar-refractivity contribution is 7.89. The second-order valence-electron chi connectivity index (χ2n) is 5.19. The number of hydrogen-bond acceptors (Lipinski definition) is 4. The number of methoxy groups -OCH3 is 1. The second kappa shape index (κ2) is 5.57. The topological polar surface area (TPSA) is 84.1 Å². The molecule has 2 aromatic heterocycles. The lowest BCUT2D eigenvalue weighted by Crippen LogP contribution is -2.39. The molecule has 1 saturated carbocycles. The SMILES string of the molecule is COC[C@H](NS(=O)(=O)c1c[nH]c2nccc(Cl)c12)C1CC1. The largest absolute Gasteiger partial charge is 0.383 e. The molecule has 0 bridgehead atoms. The number of nitrogens with zero attached hydrogens (tertiary/aromatic N) is 1. The quantitative estimate of drug-likeness (QED) is 0.848. The zero-order valence-corrected chi connectivity index (χ0v) is 13.0. The van der Waals surface area contributed by atoms with Gasteiger partial charge in [-0.1, -0.05) is 11.6 Å². The minimum atomic E-state index is -3.68. The zero-order valence-electron chi connectivity index (χ0n) is 11.5. The maximum absolute atomic E-state index is 12.6. The molecule has 0 aliphatic heterocycles. The second-order valence-corrected chi connectivity index (χ2v) is 7.28. The summed E-state index contributed by atoms with van der Waals surface area (Å²) in [6.07, 6.45) is 4.99. The first-order chi connectivity index (χ1) is 10.0. The Balaban J connectivity index is 1.96. The fourth-order valence-corrected chi connectivity index (χ4v) is 4.19. The first-order valence-electron chi connectivity index (χ1n) is 6.66. The number of hydrogen-bond donors (Lipinski definition) is 2. The van der Waals surface area contributed by atoms with Gasteiger partial charge in [0.25, 0.3) is 0 Å². The van der Waals surface area contributed by atoms with Crippen molar-refractivity contribution in [2.45, 2.75) is 23.8 Å². The molecule has 0 saturated heterocycles. The van der Waals surface area contributed by atoms with E-state index < -0.39 is 10.0 Å². The molecule has 0 spiro atoms. The summed E-state index contributed by atoms with van der Waals surface area (Å²) in [6, 6.07) is 1.37. The van der Waals surface area contributed by atoms with Gasteiger partial charge in [-0.3, -0.25) is 0 Å². The van der Waals surface area contributed by atoms with E-state index in [1.165, 1.54) is 12.4 Å². The Morgan fingerprint density at radius 2 is 2.33 bits per heavy atom. The number of nitrogens with one attached hydrogen (secondary N) is 2. The number of H-pyrrole nitrogens is 1. The first-order valence-corrected chi connectivity index (χ1v) is 8.52. The number of aromatic nitrogens is 2. The van der Waals surface area contributed by atoms with Crippen molar-refractivity contribution < 1.29 is 13.2 Å². The van der Waals surface area contributed by atoms with Gasteiger partial charge in [0.05, 0.1) is 17.0 Å². The summed E-state index contributed by atoms with van der Waals surface area (Å²) in [4.78, 5) is 7.04. The van der Waals surface area contributed by atoms with E-state index in [9.17, 15) is 8.42 Å². The number of rotatable bonds is 6. The van der Waals surface area contributed by atoms with E-state index in [0.717, 1.165) is 12.8 Å². The number of sulfonamides is 1. The molecule has 114 valence electrons. The van der Waals surface area contributed by atoms with Crippen molar-refractivity contribution in [3.8, 4) is 0 Å². The number of ether oxygens (including phenoxy) is 1. The van der Waals surface area contributed by atoms with Crippen LogP contribution in [0.15, 0.2) is 23.4 Å². The van der Waals surface area contributed by atoms with Crippen molar-refractivity contribution in [1.82, 2.24) is 14.7 Å². The molecule has 1 atom stereocenters. The van der Waals surface area contributed by atoms with Gasteiger partial charge in [-0.25, -0.2) is 18.1 Å². The Hall–Kier alpha value is -1.15. The number of pyridine rings is 1. The number of fused-ring (bicyclic) bond motifs is 1. The third kappa shape index (κ3) is 2.91. The highest BCUT2D eigenvalue weighted by Crippen LogP contribution is 2.34. The Kier molecular flexibility index (Phi) is 3.92. The van der Waals surface area contributed by atoms with Gasteiger partial charge < -0.3 is 9.72 Å². The lowest BCUT2D eigenvalue weighted by molar-refractivity contribution is 0.167. The minimum absolute atomic E-state index is 0.123. The van der Waals surface area contributed by atoms with Crippen molar-refractivity contribution in [1.29, 1.82) is 0 Å². The van der Waals surface area contributed by atoms with Gasteiger partial charge in [0.15, 0.2) is 0 Å². The first kappa shape index (κ1) is 14.8. The summed E-state index contributed by atoms with van der Waals surface area (Å²) in [6.45, 7) is 0.359. The molecule has 8 heteroatoms. The summed E-state index contributed by atoms with van der Waals surface area (Å²) < 4.78 is 33.0. The molecule has 6 nitrogen and oxygen atoms in total. The van der Waals surface area contributed by atoms with Gasteiger partial charge in [-0.15, -0.1) is 0 Å². The smallest absolute Gasteiger partial charge is 0.243 e. The van der Waals surface area contributed by atoms with Gasteiger partial charge in [0, 0.05) is 25.5 Å². The molecule has 2 aromatic rings. The van der Waals surface area contributed by atoms with Gasteiger partial charge in [0.2, 0.25) is 10.0 Å². The lowest BCUT2D eigenvalue weighted by Gasteiger charge is -2.17. The van der Waals surface area contributed by atoms with Crippen LogP contribution in [0.1, 0.15) is 12.8 Å². The molecule has 1 fully saturated rings.